The lowest BCUT2D eigenvalue weighted by atomic mass is 10.2. The van der Waals surface area contributed by atoms with Gasteiger partial charge >= 0.3 is 5.97 Å². The minimum atomic E-state index is -0.444. The van der Waals surface area contributed by atoms with Gasteiger partial charge in [-0.3, -0.25) is 4.79 Å². The van der Waals surface area contributed by atoms with Crippen molar-refractivity contribution in [3.05, 3.63) is 77.9 Å². The largest absolute Gasteiger partial charge is 0.333 e. The fraction of sp³-hybridized carbons (Fsp3) is 0.200. The molecular formula is C20H21NO3. The first-order valence-corrected chi connectivity index (χ1v) is 7.86. The van der Waals surface area contributed by atoms with Crippen LogP contribution in [0.3, 0.4) is 0 Å². The molecule has 0 fully saturated rings. The summed E-state index contributed by atoms with van der Waals surface area (Å²) in [4.78, 5) is 30.1. The van der Waals surface area contributed by atoms with E-state index in [1.165, 1.54) is 0 Å². The van der Waals surface area contributed by atoms with Crippen LogP contribution in [0.2, 0.25) is 0 Å². The number of hydrogen-bond donors (Lipinski definition) is 0. The molecule has 0 saturated heterocycles. The molecule has 0 bridgehead atoms. The van der Waals surface area contributed by atoms with E-state index < -0.39 is 5.97 Å². The highest BCUT2D eigenvalue weighted by atomic mass is 16.7. The average molecular weight is 323 g/mol. The van der Waals surface area contributed by atoms with Crippen molar-refractivity contribution < 1.29 is 14.4 Å². The van der Waals surface area contributed by atoms with E-state index in [4.69, 9.17) is 4.84 Å². The molecule has 0 radical (unpaired) electrons. The number of hydrogen-bond acceptors (Lipinski definition) is 3. The molecule has 0 unspecified atom stereocenters. The average Bonchev–Trinajstić information content (AvgIpc) is 2.60. The molecule has 0 spiro atoms. The van der Waals surface area contributed by atoms with E-state index in [0.29, 0.717) is 17.7 Å². The fourth-order valence-corrected chi connectivity index (χ4v) is 2.10. The Bertz CT molecular complexity index is 704. The molecule has 0 aliphatic heterocycles. The number of benzene rings is 2. The van der Waals surface area contributed by atoms with Crippen LogP contribution in [-0.2, 0) is 9.63 Å². The number of carbonyl (C=O) groups is 2. The number of anilines is 1. The van der Waals surface area contributed by atoms with Crippen molar-refractivity contribution in [2.24, 2.45) is 0 Å². The van der Waals surface area contributed by atoms with Gasteiger partial charge in [0, 0.05) is 5.56 Å². The van der Waals surface area contributed by atoms with Crippen LogP contribution in [0.5, 0.6) is 0 Å². The molecule has 1 amide bonds. The van der Waals surface area contributed by atoms with Crippen molar-refractivity contribution in [3.63, 3.8) is 0 Å². The standard InChI is InChI=1S/C20H21NO3/c1-16(2)10-9-15-19(22)24-21(18-13-7-4-8-14-18)20(23)17-11-5-3-6-12-17/h3-8,10-14H,9,15H2,1-2H3. The number of carbonyl (C=O) groups excluding carboxylic acids is 2. The van der Waals surface area contributed by atoms with Crippen LogP contribution in [0.15, 0.2) is 72.3 Å². The zero-order valence-corrected chi connectivity index (χ0v) is 13.9. The smallest absolute Gasteiger partial charge is 0.333 e. The van der Waals surface area contributed by atoms with Gasteiger partial charge in [0.1, 0.15) is 0 Å². The second kappa shape index (κ2) is 8.67. The lowest BCUT2D eigenvalue weighted by Crippen LogP contribution is -2.33. The monoisotopic (exact) mass is 323 g/mol. The number of para-hydroxylation sites is 1. The SMILES string of the molecule is CC(C)=CCCC(=O)ON(C(=O)c1ccccc1)c1ccccc1. The molecule has 2 aromatic carbocycles. The van der Waals surface area contributed by atoms with Crippen molar-refractivity contribution >= 4 is 17.6 Å². The van der Waals surface area contributed by atoms with E-state index in [-0.39, 0.29) is 12.3 Å². The van der Waals surface area contributed by atoms with Crippen molar-refractivity contribution in [1.82, 2.24) is 0 Å². The van der Waals surface area contributed by atoms with Crippen LogP contribution < -0.4 is 5.06 Å². The molecule has 0 heterocycles. The molecule has 2 rings (SSSR count). The quantitative estimate of drug-likeness (QED) is 0.599. The third-order valence-corrected chi connectivity index (χ3v) is 3.29. The van der Waals surface area contributed by atoms with E-state index in [0.717, 1.165) is 10.6 Å². The third-order valence-electron chi connectivity index (χ3n) is 3.29. The molecule has 124 valence electrons. The topological polar surface area (TPSA) is 46.6 Å². The summed E-state index contributed by atoms with van der Waals surface area (Å²) in [7, 11) is 0. The van der Waals surface area contributed by atoms with Crippen LogP contribution in [0.1, 0.15) is 37.0 Å². The highest BCUT2D eigenvalue weighted by Crippen LogP contribution is 2.18. The Labute approximate surface area is 142 Å². The Morgan fingerprint density at radius 3 is 2.12 bits per heavy atom. The number of amides is 1. The highest BCUT2D eigenvalue weighted by Gasteiger charge is 2.21. The molecule has 0 aromatic heterocycles. The van der Waals surface area contributed by atoms with E-state index in [1.807, 2.05) is 32.1 Å². The molecule has 2 aromatic rings. The molecule has 4 nitrogen and oxygen atoms in total. The van der Waals surface area contributed by atoms with Gasteiger partial charge in [0.05, 0.1) is 12.1 Å². The number of hydroxylamine groups is 1. The van der Waals surface area contributed by atoms with E-state index in [1.54, 1.807) is 48.5 Å². The molecule has 0 aliphatic carbocycles. The van der Waals surface area contributed by atoms with Gasteiger partial charge < -0.3 is 4.84 Å². The third kappa shape index (κ3) is 5.09. The second-order valence-corrected chi connectivity index (χ2v) is 5.58. The number of nitrogens with zero attached hydrogens (tertiary/aromatic N) is 1. The van der Waals surface area contributed by atoms with Gasteiger partial charge in [-0.1, -0.05) is 48.0 Å². The summed E-state index contributed by atoms with van der Waals surface area (Å²) >= 11 is 0. The van der Waals surface area contributed by atoms with Crippen LogP contribution in [0.4, 0.5) is 5.69 Å². The van der Waals surface area contributed by atoms with Crippen molar-refractivity contribution in [2.75, 3.05) is 5.06 Å². The molecule has 0 saturated carbocycles. The maximum Gasteiger partial charge on any atom is 0.333 e. The highest BCUT2D eigenvalue weighted by molar-refractivity contribution is 6.05. The van der Waals surface area contributed by atoms with E-state index in [2.05, 4.69) is 0 Å². The van der Waals surface area contributed by atoms with Crippen molar-refractivity contribution in [2.45, 2.75) is 26.7 Å². The minimum absolute atomic E-state index is 0.219. The van der Waals surface area contributed by atoms with Crippen LogP contribution in [0.25, 0.3) is 0 Å². The Kier molecular flexibility index (Phi) is 6.32. The maximum absolute atomic E-state index is 12.7. The number of allylic oxidation sites excluding steroid dienone is 2. The molecule has 0 N–H and O–H groups in total. The van der Waals surface area contributed by atoms with Crippen LogP contribution in [0, 0.1) is 0 Å². The zero-order valence-electron chi connectivity index (χ0n) is 13.9. The Morgan fingerprint density at radius 2 is 1.54 bits per heavy atom. The molecule has 0 atom stereocenters. The summed E-state index contributed by atoms with van der Waals surface area (Å²) in [5.41, 5.74) is 2.11. The first-order chi connectivity index (χ1) is 11.6. The Morgan fingerprint density at radius 1 is 0.958 bits per heavy atom. The van der Waals surface area contributed by atoms with Crippen molar-refractivity contribution in [3.8, 4) is 0 Å². The van der Waals surface area contributed by atoms with E-state index >= 15 is 0 Å². The molecular weight excluding hydrogens is 302 g/mol. The normalized spacial score (nSPS) is 9.92. The Balaban J connectivity index is 2.17. The summed E-state index contributed by atoms with van der Waals surface area (Å²) in [6, 6.07) is 17.6. The minimum Gasteiger partial charge on any atom is -0.333 e. The zero-order chi connectivity index (χ0) is 17.4. The lowest BCUT2D eigenvalue weighted by Gasteiger charge is -2.21. The summed E-state index contributed by atoms with van der Waals surface area (Å²) in [6.07, 6.45) is 2.77. The van der Waals surface area contributed by atoms with Crippen LogP contribution >= 0.6 is 0 Å². The summed E-state index contributed by atoms with van der Waals surface area (Å²) in [5.74, 6) is -0.821. The van der Waals surface area contributed by atoms with Gasteiger partial charge in [-0.25, -0.2) is 4.79 Å². The van der Waals surface area contributed by atoms with Gasteiger partial charge in [-0.15, -0.1) is 5.06 Å². The second-order valence-electron chi connectivity index (χ2n) is 5.58. The predicted octanol–water partition coefficient (Wildman–Crippen LogP) is 4.54. The summed E-state index contributed by atoms with van der Waals surface area (Å²) < 4.78 is 0. The Hall–Kier alpha value is -2.88. The van der Waals surface area contributed by atoms with Gasteiger partial charge in [0.25, 0.3) is 5.91 Å². The van der Waals surface area contributed by atoms with Gasteiger partial charge in [-0.2, -0.15) is 0 Å². The number of rotatable bonds is 5. The van der Waals surface area contributed by atoms with Crippen LogP contribution in [-0.4, -0.2) is 11.9 Å². The van der Waals surface area contributed by atoms with E-state index in [9.17, 15) is 9.59 Å². The van der Waals surface area contributed by atoms with Gasteiger partial charge in [-0.05, 0) is 44.5 Å². The maximum atomic E-state index is 12.7. The summed E-state index contributed by atoms with van der Waals surface area (Å²) in [6.45, 7) is 3.95. The molecule has 0 aliphatic rings. The van der Waals surface area contributed by atoms with Gasteiger partial charge in [0.15, 0.2) is 0 Å². The van der Waals surface area contributed by atoms with Gasteiger partial charge in [0.2, 0.25) is 0 Å². The fourth-order valence-electron chi connectivity index (χ4n) is 2.10. The molecule has 24 heavy (non-hydrogen) atoms. The first-order valence-electron chi connectivity index (χ1n) is 7.86. The first kappa shape index (κ1) is 17.5. The van der Waals surface area contributed by atoms with Crippen molar-refractivity contribution in [1.29, 1.82) is 0 Å². The molecule has 4 heteroatoms. The summed E-state index contributed by atoms with van der Waals surface area (Å²) in [5, 5.41) is 1.06. The lowest BCUT2D eigenvalue weighted by molar-refractivity contribution is -0.144. The predicted molar refractivity (Wildman–Crippen MR) is 94.5 cm³/mol.